The van der Waals surface area contributed by atoms with Gasteiger partial charge in [0.15, 0.2) is 0 Å². The normalized spacial score (nSPS) is 15.8. The van der Waals surface area contributed by atoms with Crippen LogP contribution in [0.3, 0.4) is 0 Å². The number of likely N-dealkylation sites (N-methyl/N-ethyl adjacent to an activating group) is 1. The zero-order valence-electron chi connectivity index (χ0n) is 11.9. The predicted molar refractivity (Wildman–Crippen MR) is 80.6 cm³/mol. The lowest BCUT2D eigenvalue weighted by Gasteiger charge is -2.15. The molecule has 0 aliphatic heterocycles. The monoisotopic (exact) mass is 297 g/mol. The highest BCUT2D eigenvalue weighted by atomic mass is 32.2. The first-order valence-corrected chi connectivity index (χ1v) is 8.61. The second-order valence-electron chi connectivity index (χ2n) is 5.39. The summed E-state index contributed by atoms with van der Waals surface area (Å²) in [5.41, 5.74) is 7.30. The third-order valence-corrected chi connectivity index (χ3v) is 4.93. The number of nitrogens with one attached hydrogen (secondary N) is 1. The summed E-state index contributed by atoms with van der Waals surface area (Å²) in [6.45, 7) is 1.70. The van der Waals surface area contributed by atoms with E-state index in [1.807, 2.05) is 31.3 Å². The Balaban J connectivity index is 1.79. The fourth-order valence-corrected chi connectivity index (χ4v) is 3.25. The van der Waals surface area contributed by atoms with Gasteiger partial charge in [-0.05, 0) is 31.0 Å². The number of nitrogens with two attached hydrogens (primary N) is 1. The van der Waals surface area contributed by atoms with Crippen molar-refractivity contribution in [1.29, 1.82) is 0 Å². The first-order chi connectivity index (χ1) is 9.50. The number of nitrogens with zero attached hydrogens (tertiary/aromatic N) is 1. The molecule has 0 heterocycles. The molecule has 1 aliphatic rings. The summed E-state index contributed by atoms with van der Waals surface area (Å²) in [5.74, 6) is 0.0188. The van der Waals surface area contributed by atoms with Crippen molar-refractivity contribution in [2.45, 2.75) is 31.2 Å². The van der Waals surface area contributed by atoms with Crippen LogP contribution < -0.4 is 10.5 Å². The smallest absolute Gasteiger partial charge is 0.215 e. The van der Waals surface area contributed by atoms with Crippen LogP contribution in [-0.2, 0) is 22.3 Å². The molecule has 3 N–H and O–H groups in total. The van der Waals surface area contributed by atoms with Gasteiger partial charge >= 0.3 is 0 Å². The van der Waals surface area contributed by atoms with Gasteiger partial charge in [-0.2, -0.15) is 0 Å². The molecule has 112 valence electrons. The second-order valence-corrected chi connectivity index (χ2v) is 7.19. The fourth-order valence-electron chi connectivity index (χ4n) is 2.12. The van der Waals surface area contributed by atoms with Gasteiger partial charge < -0.3 is 10.6 Å². The number of hydrogen-bond acceptors (Lipinski definition) is 4. The van der Waals surface area contributed by atoms with E-state index >= 15 is 0 Å². The van der Waals surface area contributed by atoms with Crippen LogP contribution in [-0.4, -0.2) is 39.5 Å². The Morgan fingerprint density at radius 3 is 2.40 bits per heavy atom. The molecule has 6 heteroatoms. The van der Waals surface area contributed by atoms with Gasteiger partial charge in [-0.3, -0.25) is 0 Å². The second kappa shape index (κ2) is 6.67. The van der Waals surface area contributed by atoms with Crippen molar-refractivity contribution in [1.82, 2.24) is 9.62 Å². The Morgan fingerprint density at radius 2 is 1.85 bits per heavy atom. The van der Waals surface area contributed by atoms with E-state index in [1.54, 1.807) is 0 Å². The Hall–Kier alpha value is -0.950. The van der Waals surface area contributed by atoms with Gasteiger partial charge in [0.1, 0.15) is 0 Å². The van der Waals surface area contributed by atoms with Crippen LogP contribution in [0.4, 0.5) is 0 Å². The lowest BCUT2D eigenvalue weighted by molar-refractivity contribution is 0.329. The molecule has 0 amide bonds. The minimum Gasteiger partial charge on any atom is -0.326 e. The first-order valence-electron chi connectivity index (χ1n) is 6.95. The predicted octanol–water partition coefficient (Wildman–Crippen LogP) is 0.659. The molecule has 1 aromatic carbocycles. The van der Waals surface area contributed by atoms with E-state index in [4.69, 9.17) is 5.73 Å². The van der Waals surface area contributed by atoms with E-state index in [1.165, 1.54) is 12.8 Å². The number of benzene rings is 1. The summed E-state index contributed by atoms with van der Waals surface area (Å²) < 4.78 is 26.6. The maximum absolute atomic E-state index is 12.0. The van der Waals surface area contributed by atoms with Crippen LogP contribution in [0.1, 0.15) is 24.0 Å². The molecule has 0 saturated heterocycles. The molecule has 0 spiro atoms. The van der Waals surface area contributed by atoms with Crippen molar-refractivity contribution in [3.8, 4) is 0 Å². The third kappa shape index (κ3) is 4.86. The zero-order valence-corrected chi connectivity index (χ0v) is 12.7. The summed E-state index contributed by atoms with van der Waals surface area (Å²) in [6, 6.07) is 8.02. The van der Waals surface area contributed by atoms with E-state index in [9.17, 15) is 8.42 Å². The van der Waals surface area contributed by atoms with E-state index in [0.29, 0.717) is 19.1 Å². The molecule has 0 bridgehead atoms. The van der Waals surface area contributed by atoms with Crippen LogP contribution in [0.25, 0.3) is 0 Å². The van der Waals surface area contributed by atoms with Crippen LogP contribution in [0, 0.1) is 0 Å². The summed E-state index contributed by atoms with van der Waals surface area (Å²) in [7, 11) is -1.22. The highest BCUT2D eigenvalue weighted by Crippen LogP contribution is 2.24. The minimum absolute atomic E-state index is 0.0188. The Morgan fingerprint density at radius 1 is 1.25 bits per heavy atom. The molecule has 2 rings (SSSR count). The first kappa shape index (κ1) is 15.4. The van der Waals surface area contributed by atoms with Crippen LogP contribution in [0.2, 0.25) is 0 Å². The van der Waals surface area contributed by atoms with Gasteiger partial charge in [0.25, 0.3) is 0 Å². The van der Waals surface area contributed by atoms with E-state index in [2.05, 4.69) is 9.62 Å². The molecule has 0 atom stereocenters. The molecule has 1 fully saturated rings. The zero-order chi connectivity index (χ0) is 14.6. The topological polar surface area (TPSA) is 75.4 Å². The third-order valence-electron chi connectivity index (χ3n) is 3.57. The standard InChI is InChI=1S/C14H23N3O2S/c1-17(14-6-7-14)9-8-16-20(18,19)11-13-4-2-12(10-15)3-5-13/h2-5,14,16H,6-11,15H2,1H3. The molecule has 1 aliphatic carbocycles. The van der Waals surface area contributed by atoms with Gasteiger partial charge in [0, 0.05) is 25.7 Å². The van der Waals surface area contributed by atoms with Crippen LogP contribution in [0.15, 0.2) is 24.3 Å². The Labute approximate surface area is 121 Å². The van der Waals surface area contributed by atoms with Crippen molar-refractivity contribution in [3.63, 3.8) is 0 Å². The van der Waals surface area contributed by atoms with Gasteiger partial charge in [0.05, 0.1) is 5.75 Å². The molecule has 5 nitrogen and oxygen atoms in total. The van der Waals surface area contributed by atoms with Crippen LogP contribution >= 0.6 is 0 Å². The highest BCUT2D eigenvalue weighted by Gasteiger charge is 2.25. The molecule has 1 saturated carbocycles. The van der Waals surface area contributed by atoms with Crippen LogP contribution in [0.5, 0.6) is 0 Å². The molecule has 0 unspecified atom stereocenters. The molecular weight excluding hydrogens is 274 g/mol. The van der Waals surface area contributed by atoms with Gasteiger partial charge in [-0.15, -0.1) is 0 Å². The van der Waals surface area contributed by atoms with Gasteiger partial charge in [0.2, 0.25) is 10.0 Å². The summed E-state index contributed by atoms with van der Waals surface area (Å²) in [4.78, 5) is 2.21. The molecule has 0 aromatic heterocycles. The summed E-state index contributed by atoms with van der Waals surface area (Å²) in [6.07, 6.45) is 2.47. The SMILES string of the molecule is CN(CCNS(=O)(=O)Cc1ccc(CN)cc1)C1CC1. The average Bonchev–Trinajstić information content (AvgIpc) is 3.23. The summed E-state index contributed by atoms with van der Waals surface area (Å²) >= 11 is 0. The maximum Gasteiger partial charge on any atom is 0.215 e. The largest absolute Gasteiger partial charge is 0.326 e. The quantitative estimate of drug-likeness (QED) is 0.739. The molecule has 1 aromatic rings. The Bertz CT molecular complexity index is 524. The highest BCUT2D eigenvalue weighted by molar-refractivity contribution is 7.88. The summed E-state index contributed by atoms with van der Waals surface area (Å²) in [5, 5.41) is 0. The van der Waals surface area contributed by atoms with Crippen molar-refractivity contribution in [2.24, 2.45) is 5.73 Å². The number of rotatable bonds is 8. The van der Waals surface area contributed by atoms with Gasteiger partial charge in [-0.25, -0.2) is 13.1 Å². The lowest BCUT2D eigenvalue weighted by atomic mass is 10.1. The Kier molecular flexibility index (Phi) is 5.15. The molecule has 0 radical (unpaired) electrons. The van der Waals surface area contributed by atoms with Crippen molar-refractivity contribution >= 4 is 10.0 Å². The average molecular weight is 297 g/mol. The number of sulfonamides is 1. The van der Waals surface area contributed by atoms with Crippen molar-refractivity contribution in [3.05, 3.63) is 35.4 Å². The number of hydrogen-bond donors (Lipinski definition) is 2. The fraction of sp³-hybridized carbons (Fsp3) is 0.571. The van der Waals surface area contributed by atoms with E-state index in [0.717, 1.165) is 17.7 Å². The minimum atomic E-state index is -3.26. The lowest BCUT2D eigenvalue weighted by Crippen LogP contribution is -2.34. The van der Waals surface area contributed by atoms with Crippen molar-refractivity contribution < 1.29 is 8.42 Å². The van der Waals surface area contributed by atoms with E-state index < -0.39 is 10.0 Å². The van der Waals surface area contributed by atoms with Gasteiger partial charge in [-0.1, -0.05) is 24.3 Å². The maximum atomic E-state index is 12.0. The molecular formula is C14H23N3O2S. The van der Waals surface area contributed by atoms with E-state index in [-0.39, 0.29) is 5.75 Å². The molecule has 20 heavy (non-hydrogen) atoms. The van der Waals surface area contributed by atoms with Crippen molar-refractivity contribution in [2.75, 3.05) is 20.1 Å².